The lowest BCUT2D eigenvalue weighted by molar-refractivity contribution is 0.372. The Morgan fingerprint density at radius 2 is 2.08 bits per heavy atom. The lowest BCUT2D eigenvalue weighted by Gasteiger charge is -2.21. The molecule has 0 saturated heterocycles. The average Bonchev–Trinajstić information content (AvgIpc) is 2.09. The van der Waals surface area contributed by atoms with Gasteiger partial charge in [-0.05, 0) is 36.9 Å². The first-order valence-corrected chi connectivity index (χ1v) is 4.65. The molecule has 0 aliphatic rings. The standard InChI is InChI=1S/C11H18N2/c1-9-4-5-10(13-7-9)6-11(2,3)8-12/h4-5,7H,6,8,12H2,1-3H3. The zero-order valence-corrected chi connectivity index (χ0v) is 8.67. The minimum atomic E-state index is 0.155. The van der Waals surface area contributed by atoms with Crippen LogP contribution in [-0.4, -0.2) is 11.5 Å². The number of aromatic nitrogens is 1. The van der Waals surface area contributed by atoms with Crippen LogP contribution >= 0.6 is 0 Å². The second kappa shape index (κ2) is 3.88. The first-order chi connectivity index (χ1) is 6.03. The van der Waals surface area contributed by atoms with E-state index in [1.165, 1.54) is 5.56 Å². The van der Waals surface area contributed by atoms with Crippen molar-refractivity contribution in [3.05, 3.63) is 29.6 Å². The summed E-state index contributed by atoms with van der Waals surface area (Å²) in [5.41, 5.74) is 8.14. The molecule has 1 rings (SSSR count). The monoisotopic (exact) mass is 178 g/mol. The maximum Gasteiger partial charge on any atom is 0.0409 e. The van der Waals surface area contributed by atoms with Gasteiger partial charge in [-0.1, -0.05) is 19.9 Å². The molecule has 0 aliphatic carbocycles. The summed E-state index contributed by atoms with van der Waals surface area (Å²) in [6, 6.07) is 4.17. The van der Waals surface area contributed by atoms with Crippen molar-refractivity contribution in [1.29, 1.82) is 0 Å². The van der Waals surface area contributed by atoms with Crippen molar-refractivity contribution in [3.8, 4) is 0 Å². The van der Waals surface area contributed by atoms with E-state index in [1.807, 2.05) is 13.1 Å². The Kier molecular flexibility index (Phi) is 3.04. The van der Waals surface area contributed by atoms with E-state index in [-0.39, 0.29) is 5.41 Å². The van der Waals surface area contributed by atoms with Crippen molar-refractivity contribution in [2.75, 3.05) is 6.54 Å². The van der Waals surface area contributed by atoms with Crippen LogP contribution in [0.5, 0.6) is 0 Å². The number of aryl methyl sites for hydroxylation is 1. The van der Waals surface area contributed by atoms with Crippen LogP contribution in [-0.2, 0) is 6.42 Å². The van der Waals surface area contributed by atoms with Crippen LogP contribution in [0.4, 0.5) is 0 Å². The molecule has 0 atom stereocenters. The van der Waals surface area contributed by atoms with Gasteiger partial charge in [0.1, 0.15) is 0 Å². The van der Waals surface area contributed by atoms with Gasteiger partial charge in [-0.3, -0.25) is 4.98 Å². The van der Waals surface area contributed by atoms with Crippen molar-refractivity contribution in [2.45, 2.75) is 27.2 Å². The zero-order chi connectivity index (χ0) is 9.90. The van der Waals surface area contributed by atoms with Gasteiger partial charge in [-0.25, -0.2) is 0 Å². The van der Waals surface area contributed by atoms with Gasteiger partial charge in [0.2, 0.25) is 0 Å². The quantitative estimate of drug-likeness (QED) is 0.768. The maximum atomic E-state index is 5.66. The predicted molar refractivity (Wildman–Crippen MR) is 55.5 cm³/mol. The van der Waals surface area contributed by atoms with Gasteiger partial charge in [-0.2, -0.15) is 0 Å². The fraction of sp³-hybridized carbons (Fsp3) is 0.545. The van der Waals surface area contributed by atoms with Crippen LogP contribution in [0.15, 0.2) is 18.3 Å². The summed E-state index contributed by atoms with van der Waals surface area (Å²) in [6.45, 7) is 7.07. The molecule has 0 aliphatic heterocycles. The third-order valence-corrected chi connectivity index (χ3v) is 2.18. The normalized spacial score (nSPS) is 11.7. The van der Waals surface area contributed by atoms with Crippen LogP contribution in [0.2, 0.25) is 0 Å². The number of nitrogens with two attached hydrogens (primary N) is 1. The van der Waals surface area contributed by atoms with Crippen LogP contribution < -0.4 is 5.73 Å². The topological polar surface area (TPSA) is 38.9 Å². The summed E-state index contributed by atoms with van der Waals surface area (Å²) in [6.07, 6.45) is 2.85. The van der Waals surface area contributed by atoms with Gasteiger partial charge in [0, 0.05) is 11.9 Å². The molecule has 0 unspecified atom stereocenters. The number of nitrogens with zero attached hydrogens (tertiary/aromatic N) is 1. The highest BCUT2D eigenvalue weighted by Gasteiger charge is 2.16. The minimum absolute atomic E-state index is 0.155. The minimum Gasteiger partial charge on any atom is -0.330 e. The van der Waals surface area contributed by atoms with Crippen molar-refractivity contribution in [2.24, 2.45) is 11.1 Å². The molecule has 1 aromatic rings. The predicted octanol–water partition coefficient (Wildman–Crippen LogP) is 1.92. The van der Waals surface area contributed by atoms with Gasteiger partial charge in [0.15, 0.2) is 0 Å². The molecule has 2 heteroatoms. The summed E-state index contributed by atoms with van der Waals surface area (Å²) in [4.78, 5) is 4.36. The number of pyridine rings is 1. The van der Waals surface area contributed by atoms with Crippen LogP contribution in [0.1, 0.15) is 25.1 Å². The Bertz CT molecular complexity index is 262. The van der Waals surface area contributed by atoms with Crippen molar-refractivity contribution < 1.29 is 0 Å². The number of hydrogen-bond donors (Lipinski definition) is 1. The van der Waals surface area contributed by atoms with Gasteiger partial charge >= 0.3 is 0 Å². The first-order valence-electron chi connectivity index (χ1n) is 4.65. The third-order valence-electron chi connectivity index (χ3n) is 2.18. The van der Waals surface area contributed by atoms with Crippen molar-refractivity contribution in [1.82, 2.24) is 4.98 Å². The van der Waals surface area contributed by atoms with E-state index in [0.717, 1.165) is 12.1 Å². The van der Waals surface area contributed by atoms with Gasteiger partial charge in [-0.15, -0.1) is 0 Å². The molecule has 1 heterocycles. The van der Waals surface area contributed by atoms with E-state index >= 15 is 0 Å². The van der Waals surface area contributed by atoms with Crippen LogP contribution in [0, 0.1) is 12.3 Å². The molecule has 2 N–H and O–H groups in total. The Morgan fingerprint density at radius 1 is 1.38 bits per heavy atom. The molecule has 0 fully saturated rings. The van der Waals surface area contributed by atoms with E-state index < -0.39 is 0 Å². The molecule has 13 heavy (non-hydrogen) atoms. The molecular weight excluding hydrogens is 160 g/mol. The average molecular weight is 178 g/mol. The van der Waals surface area contributed by atoms with Gasteiger partial charge in [0.25, 0.3) is 0 Å². The molecule has 1 aromatic heterocycles. The van der Waals surface area contributed by atoms with Crippen molar-refractivity contribution in [3.63, 3.8) is 0 Å². The van der Waals surface area contributed by atoms with E-state index in [9.17, 15) is 0 Å². The van der Waals surface area contributed by atoms with Gasteiger partial charge < -0.3 is 5.73 Å². The highest BCUT2D eigenvalue weighted by atomic mass is 14.7. The van der Waals surface area contributed by atoms with Gasteiger partial charge in [0.05, 0.1) is 0 Å². The molecule has 0 amide bonds. The Balaban J connectivity index is 2.69. The summed E-state index contributed by atoms with van der Waals surface area (Å²) in [7, 11) is 0. The number of hydrogen-bond acceptors (Lipinski definition) is 2. The lowest BCUT2D eigenvalue weighted by Crippen LogP contribution is -2.26. The second-order valence-corrected chi connectivity index (χ2v) is 4.37. The van der Waals surface area contributed by atoms with Crippen molar-refractivity contribution >= 4 is 0 Å². The molecule has 0 aromatic carbocycles. The summed E-state index contributed by atoms with van der Waals surface area (Å²) < 4.78 is 0. The Hall–Kier alpha value is -0.890. The molecule has 72 valence electrons. The Morgan fingerprint density at radius 3 is 2.54 bits per heavy atom. The van der Waals surface area contributed by atoms with E-state index in [2.05, 4.69) is 31.0 Å². The van der Waals surface area contributed by atoms with E-state index in [0.29, 0.717) is 6.54 Å². The summed E-state index contributed by atoms with van der Waals surface area (Å²) >= 11 is 0. The maximum absolute atomic E-state index is 5.66. The lowest BCUT2D eigenvalue weighted by atomic mass is 9.88. The second-order valence-electron chi connectivity index (χ2n) is 4.37. The Labute approximate surface area is 80.2 Å². The molecule has 2 nitrogen and oxygen atoms in total. The molecule has 0 radical (unpaired) electrons. The SMILES string of the molecule is Cc1ccc(CC(C)(C)CN)nc1. The highest BCUT2D eigenvalue weighted by molar-refractivity contribution is 5.13. The van der Waals surface area contributed by atoms with E-state index in [1.54, 1.807) is 0 Å². The highest BCUT2D eigenvalue weighted by Crippen LogP contribution is 2.18. The first kappa shape index (κ1) is 10.2. The fourth-order valence-electron chi connectivity index (χ4n) is 1.17. The smallest absolute Gasteiger partial charge is 0.0409 e. The van der Waals surface area contributed by atoms with E-state index in [4.69, 9.17) is 5.73 Å². The molecular formula is C11H18N2. The van der Waals surface area contributed by atoms with Crippen LogP contribution in [0.3, 0.4) is 0 Å². The zero-order valence-electron chi connectivity index (χ0n) is 8.67. The summed E-state index contributed by atoms with van der Waals surface area (Å²) in [5, 5.41) is 0. The number of rotatable bonds is 3. The molecule has 0 bridgehead atoms. The fourth-order valence-corrected chi connectivity index (χ4v) is 1.17. The summed E-state index contributed by atoms with van der Waals surface area (Å²) in [5.74, 6) is 0. The molecule has 0 spiro atoms. The largest absolute Gasteiger partial charge is 0.330 e. The third kappa shape index (κ3) is 3.15. The molecule has 0 saturated carbocycles. The van der Waals surface area contributed by atoms with Crippen LogP contribution in [0.25, 0.3) is 0 Å².